The lowest BCUT2D eigenvalue weighted by molar-refractivity contribution is -0.394. The van der Waals surface area contributed by atoms with Crippen LogP contribution in [0.15, 0.2) is 28.9 Å². The first kappa shape index (κ1) is 18.5. The first-order chi connectivity index (χ1) is 11.7. The highest BCUT2D eigenvalue weighted by molar-refractivity contribution is 9.10. The molecule has 0 aliphatic rings. The number of nitro groups is 2. The Kier molecular flexibility index (Phi) is 5.47. The fourth-order valence-electron chi connectivity index (χ4n) is 2.26. The number of benzene rings is 1. The minimum Gasteiger partial charge on any atom is -0.336 e. The fourth-order valence-corrected chi connectivity index (χ4v) is 2.69. The topological polar surface area (TPSA) is 124 Å². The van der Waals surface area contributed by atoms with Crippen LogP contribution < -0.4 is 0 Å². The smallest absolute Gasteiger partial charge is 0.277 e. The molecule has 0 fully saturated rings. The normalized spacial score (nSPS) is 10.5. The van der Waals surface area contributed by atoms with Gasteiger partial charge in [0.25, 0.3) is 17.3 Å². The zero-order valence-corrected chi connectivity index (χ0v) is 15.0. The number of hydrogen-bond donors (Lipinski definition) is 0. The minimum atomic E-state index is -0.771. The van der Waals surface area contributed by atoms with Crippen LogP contribution in [0.25, 0.3) is 0 Å². The number of halogens is 1. The number of non-ortho nitro benzene ring substituents is 2. The molecule has 2 aromatic rings. The van der Waals surface area contributed by atoms with Gasteiger partial charge < -0.3 is 4.90 Å². The summed E-state index contributed by atoms with van der Waals surface area (Å²) >= 11 is 3.35. The van der Waals surface area contributed by atoms with E-state index in [9.17, 15) is 25.0 Å². The van der Waals surface area contributed by atoms with Crippen LogP contribution in [0.2, 0.25) is 0 Å². The van der Waals surface area contributed by atoms with Crippen LogP contribution in [-0.4, -0.2) is 37.5 Å². The highest BCUT2D eigenvalue weighted by Gasteiger charge is 2.23. The van der Waals surface area contributed by atoms with Gasteiger partial charge >= 0.3 is 0 Å². The number of hydrogen-bond acceptors (Lipinski definition) is 6. The Morgan fingerprint density at radius 3 is 2.28 bits per heavy atom. The molecular formula is C14H14BrN5O5. The van der Waals surface area contributed by atoms with Gasteiger partial charge in [-0.15, -0.1) is 0 Å². The van der Waals surface area contributed by atoms with Gasteiger partial charge in [0.05, 0.1) is 44.4 Å². The van der Waals surface area contributed by atoms with Crippen LogP contribution in [0.4, 0.5) is 11.4 Å². The Morgan fingerprint density at radius 2 is 1.80 bits per heavy atom. The van der Waals surface area contributed by atoms with Gasteiger partial charge in [0.2, 0.25) is 0 Å². The average Bonchev–Trinajstić information content (AvgIpc) is 2.93. The van der Waals surface area contributed by atoms with Gasteiger partial charge in [-0.2, -0.15) is 5.10 Å². The number of rotatable bonds is 6. The maximum absolute atomic E-state index is 12.6. The molecule has 10 nitrogen and oxygen atoms in total. The lowest BCUT2D eigenvalue weighted by atomic mass is 10.1. The quantitative estimate of drug-likeness (QED) is 0.531. The van der Waals surface area contributed by atoms with Gasteiger partial charge in [-0.1, -0.05) is 0 Å². The molecule has 1 amide bonds. The molecule has 1 aromatic heterocycles. The Morgan fingerprint density at radius 1 is 1.24 bits per heavy atom. The predicted octanol–water partition coefficient (Wildman–Crippen LogP) is 2.75. The second-order valence-corrected chi connectivity index (χ2v) is 6.02. The number of aromatic nitrogens is 2. The van der Waals surface area contributed by atoms with E-state index in [0.29, 0.717) is 6.54 Å². The molecule has 0 radical (unpaired) electrons. The fraction of sp³-hybridized carbons (Fsp3) is 0.286. The van der Waals surface area contributed by atoms with Crippen molar-refractivity contribution in [2.24, 2.45) is 0 Å². The molecule has 11 heteroatoms. The van der Waals surface area contributed by atoms with Crippen molar-refractivity contribution in [3.05, 3.63) is 60.4 Å². The van der Waals surface area contributed by atoms with E-state index < -0.39 is 27.1 Å². The van der Waals surface area contributed by atoms with Crippen LogP contribution in [0.1, 0.15) is 23.0 Å². The number of aryl methyl sites for hydroxylation is 1. The molecule has 0 saturated heterocycles. The van der Waals surface area contributed by atoms with Gasteiger partial charge in [-0.25, -0.2) is 0 Å². The monoisotopic (exact) mass is 411 g/mol. The third kappa shape index (κ3) is 3.99. The van der Waals surface area contributed by atoms with Crippen molar-refractivity contribution in [1.29, 1.82) is 0 Å². The second kappa shape index (κ2) is 7.38. The molecule has 2 rings (SSSR count). The van der Waals surface area contributed by atoms with Gasteiger partial charge in [-0.3, -0.25) is 29.7 Å². The summed E-state index contributed by atoms with van der Waals surface area (Å²) < 4.78 is 2.42. The lowest BCUT2D eigenvalue weighted by Crippen LogP contribution is -2.27. The largest absolute Gasteiger partial charge is 0.336 e. The van der Waals surface area contributed by atoms with Crippen molar-refractivity contribution in [1.82, 2.24) is 14.7 Å². The zero-order chi connectivity index (χ0) is 18.7. The van der Waals surface area contributed by atoms with Crippen LogP contribution in [-0.2, 0) is 13.1 Å². The molecule has 0 saturated carbocycles. The van der Waals surface area contributed by atoms with Crippen molar-refractivity contribution >= 4 is 33.2 Å². The van der Waals surface area contributed by atoms with Crippen LogP contribution in [0, 0.1) is 20.2 Å². The number of nitrogens with zero attached hydrogens (tertiary/aromatic N) is 5. The number of nitro benzene ring substituents is 2. The molecule has 0 spiro atoms. The Balaban J connectivity index is 2.34. The minimum absolute atomic E-state index is 0.123. The summed E-state index contributed by atoms with van der Waals surface area (Å²) in [5.41, 5.74) is -0.392. The Bertz CT molecular complexity index is 818. The summed E-state index contributed by atoms with van der Waals surface area (Å²) in [6.45, 7) is 2.68. The molecule has 132 valence electrons. The van der Waals surface area contributed by atoms with Gasteiger partial charge in [0.15, 0.2) is 0 Å². The molecule has 1 aromatic carbocycles. The van der Waals surface area contributed by atoms with Crippen molar-refractivity contribution in [3.63, 3.8) is 0 Å². The summed E-state index contributed by atoms with van der Waals surface area (Å²) in [6.07, 6.45) is 1.61. The third-order valence-corrected chi connectivity index (χ3v) is 4.16. The molecule has 0 aliphatic heterocycles. The van der Waals surface area contributed by atoms with E-state index in [4.69, 9.17) is 0 Å². The first-order valence-corrected chi connectivity index (χ1v) is 7.93. The predicted molar refractivity (Wildman–Crippen MR) is 91.1 cm³/mol. The van der Waals surface area contributed by atoms with Crippen molar-refractivity contribution < 1.29 is 14.6 Å². The van der Waals surface area contributed by atoms with Crippen molar-refractivity contribution in [3.8, 4) is 0 Å². The first-order valence-electron chi connectivity index (χ1n) is 7.14. The summed E-state index contributed by atoms with van der Waals surface area (Å²) in [4.78, 5) is 34.2. The van der Waals surface area contributed by atoms with Crippen LogP contribution >= 0.6 is 15.9 Å². The summed E-state index contributed by atoms with van der Waals surface area (Å²) in [6, 6.07) is 2.87. The van der Waals surface area contributed by atoms with Crippen LogP contribution in [0.5, 0.6) is 0 Å². The Hall–Kier alpha value is -2.82. The SMILES string of the molecule is CCn1ncc(Br)c1CN(C)C(=O)c1cc([N+](=O)[O-])cc([N+](=O)[O-])c1. The molecule has 1 heterocycles. The van der Waals surface area contributed by atoms with E-state index in [-0.39, 0.29) is 12.1 Å². The van der Waals surface area contributed by atoms with E-state index in [2.05, 4.69) is 21.0 Å². The summed E-state index contributed by atoms with van der Waals surface area (Å²) in [5, 5.41) is 26.0. The molecule has 0 bridgehead atoms. The van der Waals surface area contributed by atoms with Crippen molar-refractivity contribution in [2.75, 3.05) is 7.05 Å². The summed E-state index contributed by atoms with van der Waals surface area (Å²) in [7, 11) is 1.51. The number of amides is 1. The standard InChI is InChI=1S/C14H14BrN5O5/c1-3-18-13(12(15)7-16-18)8-17(2)14(21)9-4-10(19(22)23)6-11(5-9)20(24)25/h4-7H,3,8H2,1-2H3. The second-order valence-electron chi connectivity index (χ2n) is 5.17. The van der Waals surface area contributed by atoms with E-state index in [1.165, 1.54) is 11.9 Å². The van der Waals surface area contributed by atoms with Gasteiger partial charge in [-0.05, 0) is 22.9 Å². The zero-order valence-electron chi connectivity index (χ0n) is 13.4. The third-order valence-electron chi connectivity index (χ3n) is 3.50. The number of carbonyl (C=O) groups excluding carboxylic acids is 1. The molecule has 25 heavy (non-hydrogen) atoms. The highest BCUT2D eigenvalue weighted by atomic mass is 79.9. The number of carbonyl (C=O) groups is 1. The maximum Gasteiger partial charge on any atom is 0.277 e. The van der Waals surface area contributed by atoms with E-state index in [1.807, 2.05) is 6.92 Å². The molecule has 0 aliphatic carbocycles. The molecule has 0 N–H and O–H groups in total. The van der Waals surface area contributed by atoms with Crippen LogP contribution in [0.3, 0.4) is 0 Å². The van der Waals surface area contributed by atoms with Gasteiger partial charge in [0, 0.05) is 25.7 Å². The van der Waals surface area contributed by atoms with Crippen molar-refractivity contribution in [2.45, 2.75) is 20.0 Å². The maximum atomic E-state index is 12.6. The molecular weight excluding hydrogens is 398 g/mol. The lowest BCUT2D eigenvalue weighted by Gasteiger charge is -2.18. The average molecular weight is 412 g/mol. The van der Waals surface area contributed by atoms with Gasteiger partial charge in [0.1, 0.15) is 0 Å². The van der Waals surface area contributed by atoms with E-state index >= 15 is 0 Å². The Labute approximate surface area is 150 Å². The highest BCUT2D eigenvalue weighted by Crippen LogP contribution is 2.24. The summed E-state index contributed by atoms with van der Waals surface area (Å²) in [5.74, 6) is -0.567. The molecule has 0 unspecified atom stereocenters. The van der Waals surface area contributed by atoms with E-state index in [1.54, 1.807) is 10.9 Å². The molecule has 0 atom stereocenters. The van der Waals surface area contributed by atoms with E-state index in [0.717, 1.165) is 28.4 Å².